The summed E-state index contributed by atoms with van der Waals surface area (Å²) in [7, 11) is -1.31. The maximum Gasteiger partial charge on any atom is 0.227 e. The number of halogens is 1. The first-order valence-electron chi connectivity index (χ1n) is 7.38. The second-order valence-corrected chi connectivity index (χ2v) is 7.93. The van der Waals surface area contributed by atoms with Crippen molar-refractivity contribution in [2.24, 2.45) is 0 Å². The molecule has 0 aliphatic heterocycles. The molecule has 0 amide bonds. The monoisotopic (exact) mass is 389 g/mol. The van der Waals surface area contributed by atoms with Gasteiger partial charge in [-0.05, 0) is 11.6 Å². The SMILES string of the molecule is CS(=O)c1nc(OCc2ccccc2)c2c(n1)sc1c(Cl)nccc12. The zero-order chi connectivity index (χ0) is 17.4. The summed E-state index contributed by atoms with van der Waals surface area (Å²) in [4.78, 5) is 13.6. The van der Waals surface area contributed by atoms with Crippen LogP contribution in [0.5, 0.6) is 5.88 Å². The molecule has 0 saturated carbocycles. The second kappa shape index (κ2) is 6.67. The topological polar surface area (TPSA) is 65.0 Å². The van der Waals surface area contributed by atoms with E-state index in [0.29, 0.717) is 22.5 Å². The molecule has 0 aliphatic carbocycles. The van der Waals surface area contributed by atoms with Crippen LogP contribution in [0.1, 0.15) is 5.56 Å². The van der Waals surface area contributed by atoms with Crippen molar-refractivity contribution < 1.29 is 8.95 Å². The van der Waals surface area contributed by atoms with E-state index in [9.17, 15) is 4.21 Å². The number of nitrogens with zero attached hydrogens (tertiary/aromatic N) is 3. The number of hydrogen-bond donors (Lipinski definition) is 0. The fourth-order valence-corrected chi connectivity index (χ4v) is 4.28. The third-order valence-corrected chi connectivity index (χ3v) is 5.83. The van der Waals surface area contributed by atoms with Crippen molar-refractivity contribution in [2.75, 3.05) is 6.26 Å². The summed E-state index contributed by atoms with van der Waals surface area (Å²) in [5.41, 5.74) is 1.02. The van der Waals surface area contributed by atoms with E-state index in [4.69, 9.17) is 16.3 Å². The lowest BCUT2D eigenvalue weighted by Crippen LogP contribution is -2.02. The molecule has 0 aliphatic rings. The van der Waals surface area contributed by atoms with E-state index in [1.807, 2.05) is 36.4 Å². The number of aromatic nitrogens is 3. The quantitative estimate of drug-likeness (QED) is 0.386. The number of rotatable bonds is 4. The lowest BCUT2D eigenvalue weighted by atomic mass is 10.2. The molecule has 5 nitrogen and oxygen atoms in total. The Morgan fingerprint density at radius 3 is 2.76 bits per heavy atom. The Balaban J connectivity index is 1.89. The van der Waals surface area contributed by atoms with Crippen molar-refractivity contribution in [3.63, 3.8) is 0 Å². The molecule has 25 heavy (non-hydrogen) atoms. The largest absolute Gasteiger partial charge is 0.472 e. The van der Waals surface area contributed by atoms with Gasteiger partial charge in [0, 0.05) is 17.8 Å². The Bertz CT molecular complexity index is 1100. The number of benzene rings is 1. The van der Waals surface area contributed by atoms with Crippen LogP contribution >= 0.6 is 22.9 Å². The third-order valence-electron chi connectivity index (χ3n) is 3.63. The number of thiophene rings is 1. The molecule has 8 heteroatoms. The zero-order valence-corrected chi connectivity index (χ0v) is 15.5. The highest BCUT2D eigenvalue weighted by Gasteiger charge is 2.18. The molecule has 0 saturated heterocycles. The van der Waals surface area contributed by atoms with Crippen LogP contribution in [-0.2, 0) is 17.4 Å². The fraction of sp³-hybridized carbons (Fsp3) is 0.118. The van der Waals surface area contributed by atoms with Crippen LogP contribution in [0.15, 0.2) is 47.8 Å². The summed E-state index contributed by atoms with van der Waals surface area (Å²) in [6.45, 7) is 0.360. The molecule has 4 aromatic rings. The van der Waals surface area contributed by atoms with E-state index >= 15 is 0 Å². The maximum absolute atomic E-state index is 11.9. The smallest absolute Gasteiger partial charge is 0.227 e. The van der Waals surface area contributed by atoms with Gasteiger partial charge in [0.15, 0.2) is 0 Å². The lowest BCUT2D eigenvalue weighted by Gasteiger charge is -2.08. The van der Waals surface area contributed by atoms with Gasteiger partial charge in [0.2, 0.25) is 11.0 Å². The third kappa shape index (κ3) is 3.10. The molecule has 3 aromatic heterocycles. The van der Waals surface area contributed by atoms with Gasteiger partial charge in [0.05, 0.1) is 20.9 Å². The molecular weight excluding hydrogens is 378 g/mol. The van der Waals surface area contributed by atoms with Crippen LogP contribution in [0.25, 0.3) is 20.3 Å². The van der Waals surface area contributed by atoms with Gasteiger partial charge >= 0.3 is 0 Å². The van der Waals surface area contributed by atoms with Crippen molar-refractivity contribution in [3.05, 3.63) is 53.3 Å². The fourth-order valence-electron chi connectivity index (χ4n) is 2.48. The first kappa shape index (κ1) is 16.4. The Labute approximate surface area is 155 Å². The summed E-state index contributed by atoms with van der Waals surface area (Å²) in [5, 5.41) is 2.31. The van der Waals surface area contributed by atoms with Gasteiger partial charge in [-0.15, -0.1) is 11.3 Å². The van der Waals surface area contributed by atoms with Crippen molar-refractivity contribution in [3.8, 4) is 5.88 Å². The molecule has 126 valence electrons. The first-order chi connectivity index (χ1) is 12.1. The molecule has 0 spiro atoms. The Kier molecular flexibility index (Phi) is 4.37. The molecular formula is C17H12ClN3O2S2. The summed E-state index contributed by atoms with van der Waals surface area (Å²) in [6.07, 6.45) is 3.19. The van der Waals surface area contributed by atoms with Crippen molar-refractivity contribution in [1.29, 1.82) is 0 Å². The van der Waals surface area contributed by atoms with Gasteiger partial charge in [-0.25, -0.2) is 9.97 Å². The van der Waals surface area contributed by atoms with E-state index in [2.05, 4.69) is 15.0 Å². The summed E-state index contributed by atoms with van der Waals surface area (Å²) in [5.74, 6) is 0.410. The molecule has 0 N–H and O–H groups in total. The molecule has 1 aromatic carbocycles. The van der Waals surface area contributed by atoms with Gasteiger partial charge in [-0.1, -0.05) is 41.9 Å². The molecule has 1 atom stereocenters. The van der Waals surface area contributed by atoms with Crippen LogP contribution in [-0.4, -0.2) is 25.4 Å². The van der Waals surface area contributed by atoms with Crippen LogP contribution in [0, 0.1) is 0 Å². The Hall–Kier alpha value is -2.09. The normalized spacial score (nSPS) is 12.6. The zero-order valence-electron chi connectivity index (χ0n) is 13.1. The predicted molar refractivity (Wildman–Crippen MR) is 101 cm³/mol. The summed E-state index contributed by atoms with van der Waals surface area (Å²) < 4.78 is 18.7. The molecule has 0 bridgehead atoms. The highest BCUT2D eigenvalue weighted by molar-refractivity contribution is 7.84. The molecule has 0 radical (unpaired) electrons. The Morgan fingerprint density at radius 1 is 1.20 bits per heavy atom. The molecule has 4 rings (SSSR count). The summed E-state index contributed by atoms with van der Waals surface area (Å²) >= 11 is 7.60. The molecule has 1 unspecified atom stereocenters. The second-order valence-electron chi connectivity index (χ2n) is 5.30. The number of ether oxygens (including phenoxy) is 1. The molecule has 3 heterocycles. The standard InChI is InChI=1S/C17H12ClN3O2S2/c1-25(22)17-20-15(23-9-10-5-3-2-4-6-10)12-11-7-8-19-14(18)13(11)24-16(12)21-17/h2-8H,9H2,1H3. The molecule has 0 fully saturated rings. The number of fused-ring (bicyclic) bond motifs is 3. The lowest BCUT2D eigenvalue weighted by molar-refractivity contribution is 0.295. The van der Waals surface area contributed by atoms with Gasteiger partial charge in [-0.3, -0.25) is 4.21 Å². The minimum Gasteiger partial charge on any atom is -0.472 e. The highest BCUT2D eigenvalue weighted by Crippen LogP contribution is 2.40. The van der Waals surface area contributed by atoms with Crippen LogP contribution in [0.2, 0.25) is 5.15 Å². The Morgan fingerprint density at radius 2 is 2.00 bits per heavy atom. The van der Waals surface area contributed by atoms with Crippen LogP contribution in [0.4, 0.5) is 0 Å². The highest BCUT2D eigenvalue weighted by atomic mass is 35.5. The minimum atomic E-state index is -1.31. The number of pyridine rings is 1. The van der Waals surface area contributed by atoms with Gasteiger partial charge in [0.1, 0.15) is 16.6 Å². The average molecular weight is 390 g/mol. The van der Waals surface area contributed by atoms with Crippen molar-refractivity contribution in [1.82, 2.24) is 15.0 Å². The van der Waals surface area contributed by atoms with Gasteiger partial charge < -0.3 is 4.74 Å². The number of hydrogen-bond acceptors (Lipinski definition) is 6. The van der Waals surface area contributed by atoms with E-state index in [-0.39, 0.29) is 5.16 Å². The average Bonchev–Trinajstić information content (AvgIpc) is 3.01. The van der Waals surface area contributed by atoms with E-state index < -0.39 is 10.8 Å². The predicted octanol–water partition coefficient (Wildman–Crippen LogP) is 4.21. The minimum absolute atomic E-state index is 0.242. The van der Waals surface area contributed by atoms with Crippen molar-refractivity contribution >= 4 is 54.0 Å². The van der Waals surface area contributed by atoms with Crippen LogP contribution < -0.4 is 4.74 Å². The van der Waals surface area contributed by atoms with Crippen molar-refractivity contribution in [2.45, 2.75) is 11.8 Å². The van der Waals surface area contributed by atoms with E-state index in [1.165, 1.54) is 11.3 Å². The summed E-state index contributed by atoms with van der Waals surface area (Å²) in [6, 6.07) is 11.7. The van der Waals surface area contributed by atoms with E-state index in [1.54, 1.807) is 12.5 Å². The maximum atomic E-state index is 11.9. The van der Waals surface area contributed by atoms with Crippen LogP contribution in [0.3, 0.4) is 0 Å². The first-order valence-corrected chi connectivity index (χ1v) is 10.1. The van der Waals surface area contributed by atoms with E-state index in [0.717, 1.165) is 21.0 Å². The van der Waals surface area contributed by atoms with Gasteiger partial charge in [0.25, 0.3) is 0 Å². The van der Waals surface area contributed by atoms with Gasteiger partial charge in [-0.2, -0.15) is 4.98 Å².